The van der Waals surface area contributed by atoms with E-state index in [0.717, 1.165) is 11.4 Å². The third kappa shape index (κ3) is 4.06. The number of nitrogens with zero attached hydrogens (tertiary/aromatic N) is 2. The topological polar surface area (TPSA) is 80.3 Å². The first-order valence-electron chi connectivity index (χ1n) is 8.16. The van der Waals surface area contributed by atoms with Crippen LogP contribution in [-0.4, -0.2) is 33.4 Å². The quantitative estimate of drug-likeness (QED) is 0.881. The van der Waals surface area contributed by atoms with E-state index in [9.17, 15) is 9.90 Å². The minimum absolute atomic E-state index is 0.0236. The molecule has 6 heteroatoms. The Bertz CT molecular complexity index is 722. The SMILES string of the molecule is Cc1cc(-n2c(C)cc(C(=O)NC(CO)CC(C)(C)C)c2C)no1. The molecule has 0 spiro atoms. The zero-order valence-corrected chi connectivity index (χ0v) is 15.3. The van der Waals surface area contributed by atoms with Crippen LogP contribution in [0.4, 0.5) is 0 Å². The van der Waals surface area contributed by atoms with Crippen LogP contribution in [0.1, 0.15) is 54.7 Å². The van der Waals surface area contributed by atoms with Crippen LogP contribution in [0.5, 0.6) is 0 Å². The van der Waals surface area contributed by atoms with Gasteiger partial charge in [-0.05, 0) is 38.7 Å². The summed E-state index contributed by atoms with van der Waals surface area (Å²) in [6.07, 6.45) is 0.705. The van der Waals surface area contributed by atoms with Crippen LogP contribution in [0.3, 0.4) is 0 Å². The summed E-state index contributed by atoms with van der Waals surface area (Å²) in [6, 6.07) is 3.40. The lowest BCUT2D eigenvalue weighted by Crippen LogP contribution is -2.40. The summed E-state index contributed by atoms with van der Waals surface area (Å²) in [5.74, 6) is 1.20. The molecule has 2 aromatic rings. The number of rotatable bonds is 5. The molecule has 6 nitrogen and oxygen atoms in total. The highest BCUT2D eigenvalue weighted by Gasteiger charge is 2.23. The summed E-state index contributed by atoms with van der Waals surface area (Å²) in [6.45, 7) is 11.8. The minimum atomic E-state index is -0.269. The van der Waals surface area contributed by atoms with Gasteiger partial charge in [-0.3, -0.25) is 9.36 Å². The Labute approximate surface area is 142 Å². The molecule has 0 aliphatic heterocycles. The van der Waals surface area contributed by atoms with Gasteiger partial charge < -0.3 is 14.9 Å². The number of aryl methyl sites for hydroxylation is 2. The van der Waals surface area contributed by atoms with Gasteiger partial charge in [0.1, 0.15) is 5.76 Å². The summed E-state index contributed by atoms with van der Waals surface area (Å²) in [5.41, 5.74) is 2.31. The first kappa shape index (κ1) is 18.3. The van der Waals surface area contributed by atoms with Crippen LogP contribution in [0, 0.1) is 26.2 Å². The molecule has 0 aromatic carbocycles. The van der Waals surface area contributed by atoms with Crippen LogP contribution in [-0.2, 0) is 0 Å². The van der Waals surface area contributed by atoms with Crippen molar-refractivity contribution in [3.8, 4) is 5.82 Å². The average Bonchev–Trinajstić information content (AvgIpc) is 3.00. The van der Waals surface area contributed by atoms with Crippen molar-refractivity contribution < 1.29 is 14.4 Å². The largest absolute Gasteiger partial charge is 0.394 e. The third-order valence-corrected chi connectivity index (χ3v) is 3.93. The molecular formula is C18H27N3O3. The van der Waals surface area contributed by atoms with Crippen molar-refractivity contribution in [1.29, 1.82) is 0 Å². The first-order valence-corrected chi connectivity index (χ1v) is 8.16. The highest BCUT2D eigenvalue weighted by Crippen LogP contribution is 2.23. The van der Waals surface area contributed by atoms with Crippen LogP contribution >= 0.6 is 0 Å². The van der Waals surface area contributed by atoms with Crippen molar-refractivity contribution in [2.24, 2.45) is 5.41 Å². The zero-order chi connectivity index (χ0) is 18.1. The Balaban J connectivity index is 2.24. The lowest BCUT2D eigenvalue weighted by atomic mass is 9.88. The standard InChI is InChI=1S/C18H27N3O3/c1-11-7-15(13(3)21(11)16-8-12(2)24-20-16)17(23)19-14(10-22)9-18(4,5)6/h7-8,14,22H,9-10H2,1-6H3,(H,19,23). The van der Waals surface area contributed by atoms with Crippen molar-refractivity contribution in [3.05, 3.63) is 34.8 Å². The number of carbonyl (C=O) groups is 1. The van der Waals surface area contributed by atoms with Crippen molar-refractivity contribution in [2.75, 3.05) is 6.61 Å². The molecule has 132 valence electrons. The molecule has 0 saturated heterocycles. The van der Waals surface area contributed by atoms with E-state index in [1.165, 1.54) is 0 Å². The summed E-state index contributed by atoms with van der Waals surface area (Å²) >= 11 is 0. The molecule has 24 heavy (non-hydrogen) atoms. The number of carbonyl (C=O) groups excluding carboxylic acids is 1. The average molecular weight is 333 g/mol. The smallest absolute Gasteiger partial charge is 0.253 e. The van der Waals surface area contributed by atoms with E-state index in [-0.39, 0.29) is 24.0 Å². The van der Waals surface area contributed by atoms with Gasteiger partial charge in [-0.15, -0.1) is 0 Å². The van der Waals surface area contributed by atoms with Crippen molar-refractivity contribution in [1.82, 2.24) is 15.0 Å². The number of aliphatic hydroxyl groups is 1. The van der Waals surface area contributed by atoms with E-state index in [1.807, 2.05) is 37.5 Å². The summed E-state index contributed by atoms with van der Waals surface area (Å²) in [4.78, 5) is 12.6. The van der Waals surface area contributed by atoms with Gasteiger partial charge in [0.05, 0.1) is 18.2 Å². The zero-order valence-electron chi connectivity index (χ0n) is 15.3. The molecule has 0 fully saturated rings. The second-order valence-electron chi connectivity index (χ2n) is 7.53. The van der Waals surface area contributed by atoms with E-state index in [0.29, 0.717) is 23.6 Å². The molecule has 0 saturated carbocycles. The second kappa shape index (κ2) is 6.81. The predicted octanol–water partition coefficient (Wildman–Crippen LogP) is 2.92. The van der Waals surface area contributed by atoms with Crippen LogP contribution in [0.25, 0.3) is 5.82 Å². The van der Waals surface area contributed by atoms with E-state index in [2.05, 4.69) is 31.2 Å². The Morgan fingerprint density at radius 2 is 2.00 bits per heavy atom. The summed E-state index contributed by atoms with van der Waals surface area (Å²) < 4.78 is 7.02. The predicted molar refractivity (Wildman–Crippen MR) is 92.5 cm³/mol. The number of amides is 1. The van der Waals surface area contributed by atoms with Gasteiger partial charge in [0.2, 0.25) is 0 Å². The molecule has 1 atom stereocenters. The van der Waals surface area contributed by atoms with Gasteiger partial charge in [0.15, 0.2) is 5.82 Å². The molecule has 2 aromatic heterocycles. The maximum absolute atomic E-state index is 12.6. The summed E-state index contributed by atoms with van der Waals surface area (Å²) in [7, 11) is 0. The monoisotopic (exact) mass is 333 g/mol. The fraction of sp³-hybridized carbons (Fsp3) is 0.556. The minimum Gasteiger partial charge on any atom is -0.394 e. The van der Waals surface area contributed by atoms with Gasteiger partial charge in [-0.2, -0.15) is 0 Å². The molecule has 0 radical (unpaired) electrons. The van der Waals surface area contributed by atoms with Crippen molar-refractivity contribution in [2.45, 2.75) is 54.0 Å². The second-order valence-corrected chi connectivity index (χ2v) is 7.53. The highest BCUT2D eigenvalue weighted by atomic mass is 16.5. The van der Waals surface area contributed by atoms with Crippen LogP contribution in [0.15, 0.2) is 16.7 Å². The number of hydrogen-bond donors (Lipinski definition) is 2. The molecule has 0 bridgehead atoms. The van der Waals surface area contributed by atoms with Gasteiger partial charge in [0.25, 0.3) is 5.91 Å². The van der Waals surface area contributed by atoms with Crippen LogP contribution in [0.2, 0.25) is 0 Å². The molecule has 1 unspecified atom stereocenters. The molecule has 2 heterocycles. The highest BCUT2D eigenvalue weighted by molar-refractivity contribution is 5.96. The lowest BCUT2D eigenvalue weighted by molar-refractivity contribution is 0.0897. The Morgan fingerprint density at radius 3 is 2.50 bits per heavy atom. The lowest BCUT2D eigenvalue weighted by Gasteiger charge is -2.25. The molecule has 1 amide bonds. The number of nitrogens with one attached hydrogen (secondary N) is 1. The normalized spacial score (nSPS) is 13.1. The van der Waals surface area contributed by atoms with Gasteiger partial charge in [-0.1, -0.05) is 25.9 Å². The van der Waals surface area contributed by atoms with E-state index >= 15 is 0 Å². The Morgan fingerprint density at radius 1 is 1.33 bits per heavy atom. The maximum Gasteiger partial charge on any atom is 0.253 e. The van der Waals surface area contributed by atoms with Crippen LogP contribution < -0.4 is 5.32 Å². The van der Waals surface area contributed by atoms with Gasteiger partial charge >= 0.3 is 0 Å². The fourth-order valence-electron chi connectivity index (χ4n) is 2.97. The Hall–Kier alpha value is -2.08. The number of hydrogen-bond acceptors (Lipinski definition) is 4. The molecule has 0 aliphatic rings. The fourth-order valence-corrected chi connectivity index (χ4v) is 2.97. The van der Waals surface area contributed by atoms with Crippen molar-refractivity contribution in [3.63, 3.8) is 0 Å². The van der Waals surface area contributed by atoms with Gasteiger partial charge in [0, 0.05) is 17.5 Å². The van der Waals surface area contributed by atoms with Crippen molar-refractivity contribution >= 4 is 5.91 Å². The molecule has 2 N–H and O–H groups in total. The third-order valence-electron chi connectivity index (χ3n) is 3.93. The Kier molecular flexibility index (Phi) is 5.18. The molecule has 0 aliphatic carbocycles. The summed E-state index contributed by atoms with van der Waals surface area (Å²) in [5, 5.41) is 16.5. The number of aliphatic hydroxyl groups excluding tert-OH is 1. The van der Waals surface area contributed by atoms with E-state index in [1.54, 1.807) is 0 Å². The maximum atomic E-state index is 12.6. The molecular weight excluding hydrogens is 306 g/mol. The van der Waals surface area contributed by atoms with E-state index in [4.69, 9.17) is 4.52 Å². The number of aromatic nitrogens is 2. The molecule has 2 rings (SSSR count). The van der Waals surface area contributed by atoms with Gasteiger partial charge in [-0.25, -0.2) is 0 Å². The first-order chi connectivity index (χ1) is 11.1. The van der Waals surface area contributed by atoms with E-state index < -0.39 is 0 Å².